The lowest BCUT2D eigenvalue weighted by Crippen LogP contribution is -2.24. The number of hydrogen-bond donors (Lipinski definition) is 1. The third-order valence-electron chi connectivity index (χ3n) is 4.38. The van der Waals surface area contributed by atoms with E-state index in [0.717, 1.165) is 6.42 Å². The quantitative estimate of drug-likeness (QED) is 0.620. The number of fused-ring (bicyclic) bond motifs is 1. The number of carbonyl (C=O) groups is 2. The van der Waals surface area contributed by atoms with Crippen molar-refractivity contribution in [3.05, 3.63) is 23.8 Å². The summed E-state index contributed by atoms with van der Waals surface area (Å²) in [6.45, 7) is 3.86. The van der Waals surface area contributed by atoms with Gasteiger partial charge in [-0.1, -0.05) is 12.7 Å². The van der Waals surface area contributed by atoms with Crippen LogP contribution in [0.25, 0.3) is 0 Å². The van der Waals surface area contributed by atoms with Crippen molar-refractivity contribution in [2.45, 2.75) is 38.2 Å². The SMILES string of the molecule is C=C1C(=O)OC2CC(CO)CCC=C(C(=O)OC)CCC12. The molecule has 0 aromatic heterocycles. The summed E-state index contributed by atoms with van der Waals surface area (Å²) in [6.07, 6.45) is 4.94. The van der Waals surface area contributed by atoms with Crippen LogP contribution in [0.3, 0.4) is 0 Å². The third-order valence-corrected chi connectivity index (χ3v) is 4.38. The molecule has 5 heteroatoms. The zero-order valence-corrected chi connectivity index (χ0v) is 12.3. The molecule has 2 aliphatic rings. The van der Waals surface area contributed by atoms with Crippen LogP contribution in [0.5, 0.6) is 0 Å². The summed E-state index contributed by atoms with van der Waals surface area (Å²) in [5.74, 6) is -0.713. The molecule has 0 saturated carbocycles. The highest BCUT2D eigenvalue weighted by atomic mass is 16.6. The van der Waals surface area contributed by atoms with Crippen molar-refractivity contribution in [3.63, 3.8) is 0 Å². The van der Waals surface area contributed by atoms with Crippen LogP contribution >= 0.6 is 0 Å². The Labute approximate surface area is 124 Å². The number of allylic oxidation sites excluding steroid dienone is 1. The largest absolute Gasteiger partial charge is 0.466 e. The molecule has 0 aromatic rings. The average Bonchev–Trinajstić information content (AvgIpc) is 2.76. The number of rotatable bonds is 2. The van der Waals surface area contributed by atoms with Gasteiger partial charge in [-0.05, 0) is 38.0 Å². The van der Waals surface area contributed by atoms with Gasteiger partial charge >= 0.3 is 11.9 Å². The number of carbonyl (C=O) groups excluding carboxylic acids is 2. The van der Waals surface area contributed by atoms with Gasteiger partial charge in [-0.25, -0.2) is 9.59 Å². The van der Waals surface area contributed by atoms with Gasteiger partial charge in [0.2, 0.25) is 0 Å². The minimum Gasteiger partial charge on any atom is -0.466 e. The van der Waals surface area contributed by atoms with Gasteiger partial charge in [0.15, 0.2) is 0 Å². The molecule has 0 aromatic carbocycles. The van der Waals surface area contributed by atoms with E-state index in [1.54, 1.807) is 0 Å². The number of methoxy groups -OCH3 is 1. The van der Waals surface area contributed by atoms with E-state index >= 15 is 0 Å². The fourth-order valence-corrected chi connectivity index (χ4v) is 3.08. The molecule has 1 fully saturated rings. The van der Waals surface area contributed by atoms with E-state index in [1.807, 2.05) is 6.08 Å². The number of ether oxygens (including phenoxy) is 2. The molecule has 5 nitrogen and oxygen atoms in total. The Kier molecular flexibility index (Phi) is 5.17. The van der Waals surface area contributed by atoms with E-state index < -0.39 is 0 Å². The van der Waals surface area contributed by atoms with Crippen molar-refractivity contribution in [3.8, 4) is 0 Å². The fraction of sp³-hybridized carbons (Fsp3) is 0.625. The van der Waals surface area contributed by atoms with Gasteiger partial charge in [-0.2, -0.15) is 0 Å². The molecular formula is C16H22O5. The lowest BCUT2D eigenvalue weighted by Gasteiger charge is -2.23. The first-order chi connectivity index (χ1) is 10.1. The molecular weight excluding hydrogens is 272 g/mol. The van der Waals surface area contributed by atoms with Crippen LogP contribution in [0.1, 0.15) is 32.1 Å². The van der Waals surface area contributed by atoms with Crippen LogP contribution < -0.4 is 0 Å². The lowest BCUT2D eigenvalue weighted by atomic mass is 9.83. The Morgan fingerprint density at radius 3 is 2.95 bits per heavy atom. The first kappa shape index (κ1) is 15.8. The van der Waals surface area contributed by atoms with Crippen molar-refractivity contribution in [1.82, 2.24) is 0 Å². The summed E-state index contributed by atoms with van der Waals surface area (Å²) in [5, 5.41) is 9.47. The molecule has 21 heavy (non-hydrogen) atoms. The molecule has 3 atom stereocenters. The van der Waals surface area contributed by atoms with Crippen LogP contribution in [0, 0.1) is 11.8 Å². The second-order valence-electron chi connectivity index (χ2n) is 5.70. The van der Waals surface area contributed by atoms with E-state index in [4.69, 9.17) is 9.47 Å². The monoisotopic (exact) mass is 294 g/mol. The molecule has 3 unspecified atom stereocenters. The first-order valence-electron chi connectivity index (χ1n) is 7.34. The van der Waals surface area contributed by atoms with Crippen LogP contribution in [0.4, 0.5) is 0 Å². The summed E-state index contributed by atoms with van der Waals surface area (Å²) in [6, 6.07) is 0. The van der Waals surface area contributed by atoms with E-state index in [1.165, 1.54) is 7.11 Å². The molecule has 0 bridgehead atoms. The van der Waals surface area contributed by atoms with Gasteiger partial charge in [0.25, 0.3) is 0 Å². The van der Waals surface area contributed by atoms with Crippen LogP contribution in [-0.4, -0.2) is 36.9 Å². The van der Waals surface area contributed by atoms with Crippen molar-refractivity contribution >= 4 is 11.9 Å². The Bertz CT molecular complexity index is 465. The highest BCUT2D eigenvalue weighted by Crippen LogP contribution is 2.36. The highest BCUT2D eigenvalue weighted by Gasteiger charge is 2.39. The Hall–Kier alpha value is -1.62. The van der Waals surface area contributed by atoms with Crippen LogP contribution in [0.15, 0.2) is 23.8 Å². The van der Waals surface area contributed by atoms with Gasteiger partial charge in [0.05, 0.1) is 7.11 Å². The van der Waals surface area contributed by atoms with Crippen molar-refractivity contribution in [2.24, 2.45) is 11.8 Å². The second kappa shape index (κ2) is 6.89. The summed E-state index contributed by atoms with van der Waals surface area (Å²) < 4.78 is 10.2. The maximum atomic E-state index is 11.8. The molecule has 0 amide bonds. The topological polar surface area (TPSA) is 72.8 Å². The molecule has 1 N–H and O–H groups in total. The van der Waals surface area contributed by atoms with Crippen molar-refractivity contribution in [2.75, 3.05) is 13.7 Å². The number of hydrogen-bond acceptors (Lipinski definition) is 5. The Balaban J connectivity index is 2.20. The van der Waals surface area contributed by atoms with Crippen molar-refractivity contribution in [1.29, 1.82) is 0 Å². The van der Waals surface area contributed by atoms with Gasteiger partial charge in [-0.3, -0.25) is 0 Å². The van der Waals surface area contributed by atoms with Gasteiger partial charge in [0, 0.05) is 23.7 Å². The standard InChI is InChI=1S/C16H22O5/c1-10-13-7-6-12(16(19)20-2)5-3-4-11(9-17)8-14(13)21-15(10)18/h5,11,13-14,17H,1,3-4,6-9H2,2H3. The zero-order valence-electron chi connectivity index (χ0n) is 12.3. The summed E-state index contributed by atoms with van der Waals surface area (Å²) in [7, 11) is 1.36. The molecule has 1 saturated heterocycles. The minimum atomic E-state index is -0.357. The molecule has 1 aliphatic heterocycles. The third kappa shape index (κ3) is 3.53. The number of esters is 2. The predicted octanol–water partition coefficient (Wildman–Crippen LogP) is 1.76. The van der Waals surface area contributed by atoms with Crippen LogP contribution in [0.2, 0.25) is 0 Å². The molecule has 116 valence electrons. The smallest absolute Gasteiger partial charge is 0.334 e. The highest BCUT2D eigenvalue weighted by molar-refractivity contribution is 5.91. The minimum absolute atomic E-state index is 0.0502. The maximum absolute atomic E-state index is 11.8. The van der Waals surface area contributed by atoms with E-state index in [-0.39, 0.29) is 36.5 Å². The number of aliphatic hydroxyl groups is 1. The zero-order chi connectivity index (χ0) is 15.4. The predicted molar refractivity (Wildman–Crippen MR) is 76.3 cm³/mol. The van der Waals surface area contributed by atoms with Gasteiger partial charge in [-0.15, -0.1) is 0 Å². The fourth-order valence-electron chi connectivity index (χ4n) is 3.08. The molecule has 0 spiro atoms. The average molecular weight is 294 g/mol. The van der Waals surface area contributed by atoms with Crippen LogP contribution in [-0.2, 0) is 19.1 Å². The van der Waals surface area contributed by atoms with Gasteiger partial charge < -0.3 is 14.6 Å². The van der Waals surface area contributed by atoms with E-state index in [2.05, 4.69) is 6.58 Å². The second-order valence-corrected chi connectivity index (χ2v) is 5.70. The molecule has 2 rings (SSSR count). The normalized spacial score (nSPS) is 30.2. The summed E-state index contributed by atoms with van der Waals surface area (Å²) >= 11 is 0. The Morgan fingerprint density at radius 2 is 2.29 bits per heavy atom. The van der Waals surface area contributed by atoms with Gasteiger partial charge in [0.1, 0.15) is 6.10 Å². The first-order valence-corrected chi connectivity index (χ1v) is 7.34. The van der Waals surface area contributed by atoms with E-state index in [0.29, 0.717) is 36.8 Å². The lowest BCUT2D eigenvalue weighted by molar-refractivity contribution is -0.140. The summed E-state index contributed by atoms with van der Waals surface area (Å²) in [4.78, 5) is 23.5. The molecule has 0 radical (unpaired) electrons. The molecule has 1 heterocycles. The van der Waals surface area contributed by atoms with Crippen molar-refractivity contribution < 1.29 is 24.2 Å². The number of aliphatic hydroxyl groups excluding tert-OH is 1. The summed E-state index contributed by atoms with van der Waals surface area (Å²) in [5.41, 5.74) is 1.10. The Morgan fingerprint density at radius 1 is 1.52 bits per heavy atom. The maximum Gasteiger partial charge on any atom is 0.334 e. The molecule has 1 aliphatic carbocycles. The van der Waals surface area contributed by atoms with E-state index in [9.17, 15) is 14.7 Å².